The fourth-order valence-electron chi connectivity index (χ4n) is 1.49. The maximum absolute atomic E-state index is 10.8. The molecule has 12 heavy (non-hydrogen) atoms. The second kappa shape index (κ2) is 3.73. The van der Waals surface area contributed by atoms with E-state index in [1.807, 2.05) is 0 Å². The maximum atomic E-state index is 10.8. The molecule has 3 N–H and O–H groups in total. The van der Waals surface area contributed by atoms with Crippen molar-refractivity contribution in [1.82, 2.24) is 4.90 Å². The molecule has 1 rings (SSSR count). The molecule has 2 amide bonds. The van der Waals surface area contributed by atoms with Gasteiger partial charge < -0.3 is 20.5 Å². The van der Waals surface area contributed by atoms with E-state index in [9.17, 15) is 4.79 Å². The molecule has 5 nitrogen and oxygen atoms in total. The summed E-state index contributed by atoms with van der Waals surface area (Å²) in [5, 5.41) is 8.89. The SMILES string of the molecule is CO[C@@H]1C[C@@H](CO)N(C(N)=O)C1. The molecule has 0 aromatic carbocycles. The van der Waals surface area contributed by atoms with Crippen LogP contribution in [0.2, 0.25) is 0 Å². The Hall–Kier alpha value is -0.810. The summed E-state index contributed by atoms with van der Waals surface area (Å²) in [6, 6.07) is -0.666. The Bertz CT molecular complexity index is 174. The van der Waals surface area contributed by atoms with Crippen molar-refractivity contribution < 1.29 is 14.6 Å². The fraction of sp³-hybridized carbons (Fsp3) is 0.857. The van der Waals surface area contributed by atoms with Crippen LogP contribution >= 0.6 is 0 Å². The zero-order chi connectivity index (χ0) is 9.14. The lowest BCUT2D eigenvalue weighted by molar-refractivity contribution is 0.110. The van der Waals surface area contributed by atoms with Crippen LogP contribution in [0.25, 0.3) is 0 Å². The number of hydrogen-bond acceptors (Lipinski definition) is 3. The van der Waals surface area contributed by atoms with Gasteiger partial charge in [-0.15, -0.1) is 0 Å². The maximum Gasteiger partial charge on any atom is 0.315 e. The molecule has 1 heterocycles. The largest absolute Gasteiger partial charge is 0.394 e. The summed E-state index contributed by atoms with van der Waals surface area (Å²) >= 11 is 0. The van der Waals surface area contributed by atoms with E-state index in [1.54, 1.807) is 7.11 Å². The first kappa shape index (κ1) is 9.28. The molecule has 1 aliphatic heterocycles. The number of nitrogens with zero attached hydrogens (tertiary/aromatic N) is 1. The molecule has 0 spiro atoms. The van der Waals surface area contributed by atoms with E-state index in [-0.39, 0.29) is 18.8 Å². The molecule has 5 heteroatoms. The summed E-state index contributed by atoms with van der Waals surface area (Å²) in [5.74, 6) is 0. The Morgan fingerprint density at radius 2 is 2.50 bits per heavy atom. The number of methoxy groups -OCH3 is 1. The second-order valence-corrected chi connectivity index (χ2v) is 2.92. The van der Waals surface area contributed by atoms with E-state index in [4.69, 9.17) is 15.6 Å². The molecule has 1 saturated heterocycles. The van der Waals surface area contributed by atoms with Crippen LogP contribution in [0.5, 0.6) is 0 Å². The second-order valence-electron chi connectivity index (χ2n) is 2.92. The summed E-state index contributed by atoms with van der Waals surface area (Å²) in [5.41, 5.74) is 5.10. The van der Waals surface area contributed by atoms with Crippen molar-refractivity contribution in [1.29, 1.82) is 0 Å². The minimum absolute atomic E-state index is 0.00894. The molecular weight excluding hydrogens is 160 g/mol. The Morgan fingerprint density at radius 3 is 2.83 bits per heavy atom. The van der Waals surface area contributed by atoms with Crippen molar-refractivity contribution in [3.8, 4) is 0 Å². The lowest BCUT2D eigenvalue weighted by Gasteiger charge is -2.19. The lowest BCUT2D eigenvalue weighted by atomic mass is 10.2. The standard InChI is InChI=1S/C7H14N2O3/c1-12-6-2-5(4-10)9(3-6)7(8)11/h5-6,10H,2-4H2,1H3,(H2,8,11)/t5-,6+/m0/s1. The highest BCUT2D eigenvalue weighted by atomic mass is 16.5. The predicted molar refractivity (Wildman–Crippen MR) is 42.6 cm³/mol. The summed E-state index contributed by atoms with van der Waals surface area (Å²) in [6.07, 6.45) is 0.672. The molecule has 0 aromatic heterocycles. The number of rotatable bonds is 2. The van der Waals surface area contributed by atoms with Crippen LogP contribution in [0, 0.1) is 0 Å². The van der Waals surface area contributed by atoms with E-state index >= 15 is 0 Å². The third kappa shape index (κ3) is 1.67. The zero-order valence-corrected chi connectivity index (χ0v) is 7.06. The van der Waals surface area contributed by atoms with Crippen molar-refractivity contribution in [3.05, 3.63) is 0 Å². The van der Waals surface area contributed by atoms with Gasteiger partial charge in [-0.05, 0) is 6.42 Å². The minimum atomic E-state index is -0.492. The molecule has 2 atom stereocenters. The van der Waals surface area contributed by atoms with Crippen LogP contribution in [0.4, 0.5) is 4.79 Å². The molecule has 0 unspecified atom stereocenters. The number of ether oxygens (including phenoxy) is 1. The smallest absolute Gasteiger partial charge is 0.315 e. The van der Waals surface area contributed by atoms with E-state index in [0.717, 1.165) is 0 Å². The summed E-state index contributed by atoms with van der Waals surface area (Å²) < 4.78 is 5.06. The van der Waals surface area contributed by atoms with Crippen LogP contribution in [-0.2, 0) is 4.74 Å². The molecule has 1 fully saturated rings. The lowest BCUT2D eigenvalue weighted by Crippen LogP contribution is -2.41. The Morgan fingerprint density at radius 1 is 1.83 bits per heavy atom. The van der Waals surface area contributed by atoms with Gasteiger partial charge in [0.05, 0.1) is 18.8 Å². The highest BCUT2D eigenvalue weighted by Gasteiger charge is 2.33. The van der Waals surface area contributed by atoms with Gasteiger partial charge in [0, 0.05) is 13.7 Å². The molecule has 0 aliphatic carbocycles. The van der Waals surface area contributed by atoms with Crippen LogP contribution in [0.3, 0.4) is 0 Å². The van der Waals surface area contributed by atoms with Gasteiger partial charge in [0.2, 0.25) is 0 Å². The number of carbonyl (C=O) groups is 1. The molecule has 0 bridgehead atoms. The average Bonchev–Trinajstić information content (AvgIpc) is 2.47. The van der Waals surface area contributed by atoms with Gasteiger partial charge in [0.25, 0.3) is 0 Å². The molecule has 70 valence electrons. The number of aliphatic hydroxyl groups excluding tert-OH is 1. The summed E-state index contributed by atoms with van der Waals surface area (Å²) in [4.78, 5) is 12.3. The average molecular weight is 174 g/mol. The molecule has 0 saturated carbocycles. The Kier molecular flexibility index (Phi) is 2.88. The van der Waals surface area contributed by atoms with Crippen LogP contribution < -0.4 is 5.73 Å². The fourth-order valence-corrected chi connectivity index (χ4v) is 1.49. The van der Waals surface area contributed by atoms with Gasteiger partial charge >= 0.3 is 6.03 Å². The van der Waals surface area contributed by atoms with Gasteiger partial charge in [0.1, 0.15) is 0 Å². The molecule has 1 aliphatic rings. The van der Waals surface area contributed by atoms with Crippen LogP contribution in [0.1, 0.15) is 6.42 Å². The number of urea groups is 1. The Labute approximate surface area is 71.1 Å². The molecule has 0 aromatic rings. The van der Waals surface area contributed by atoms with Crippen molar-refractivity contribution in [3.63, 3.8) is 0 Å². The van der Waals surface area contributed by atoms with Crippen molar-refractivity contribution in [2.24, 2.45) is 5.73 Å². The van der Waals surface area contributed by atoms with Gasteiger partial charge in [-0.2, -0.15) is 0 Å². The van der Waals surface area contributed by atoms with Crippen molar-refractivity contribution in [2.75, 3.05) is 20.3 Å². The minimum Gasteiger partial charge on any atom is -0.394 e. The number of amides is 2. The van der Waals surface area contributed by atoms with E-state index in [0.29, 0.717) is 13.0 Å². The quantitative estimate of drug-likeness (QED) is 0.572. The Balaban J connectivity index is 2.56. The monoisotopic (exact) mass is 174 g/mol. The number of primary amides is 1. The van der Waals surface area contributed by atoms with E-state index in [2.05, 4.69) is 0 Å². The van der Waals surface area contributed by atoms with Gasteiger partial charge in [-0.3, -0.25) is 0 Å². The number of aliphatic hydroxyl groups is 1. The number of nitrogens with two attached hydrogens (primary N) is 1. The number of carbonyl (C=O) groups excluding carboxylic acids is 1. The number of likely N-dealkylation sites (tertiary alicyclic amines) is 1. The highest BCUT2D eigenvalue weighted by molar-refractivity contribution is 5.72. The van der Waals surface area contributed by atoms with E-state index < -0.39 is 6.03 Å². The van der Waals surface area contributed by atoms with Crippen LogP contribution in [0.15, 0.2) is 0 Å². The first-order chi connectivity index (χ1) is 5.69. The van der Waals surface area contributed by atoms with Gasteiger partial charge in [0.15, 0.2) is 0 Å². The molecular formula is C7H14N2O3. The van der Waals surface area contributed by atoms with Crippen LogP contribution in [-0.4, -0.2) is 48.4 Å². The third-order valence-corrected chi connectivity index (χ3v) is 2.20. The first-order valence-corrected chi connectivity index (χ1v) is 3.88. The zero-order valence-electron chi connectivity index (χ0n) is 7.06. The summed E-state index contributed by atoms with van der Waals surface area (Å²) in [7, 11) is 1.59. The first-order valence-electron chi connectivity index (χ1n) is 3.88. The van der Waals surface area contributed by atoms with E-state index in [1.165, 1.54) is 4.90 Å². The topological polar surface area (TPSA) is 75.8 Å². The van der Waals surface area contributed by atoms with Crippen molar-refractivity contribution in [2.45, 2.75) is 18.6 Å². The van der Waals surface area contributed by atoms with Gasteiger partial charge in [-0.25, -0.2) is 4.79 Å². The number of hydrogen-bond donors (Lipinski definition) is 2. The predicted octanol–water partition coefficient (Wildman–Crippen LogP) is -0.853. The summed E-state index contributed by atoms with van der Waals surface area (Å²) in [6.45, 7) is 0.430. The normalized spacial score (nSPS) is 29.3. The highest BCUT2D eigenvalue weighted by Crippen LogP contribution is 2.18. The van der Waals surface area contributed by atoms with Crippen molar-refractivity contribution >= 4 is 6.03 Å². The molecule has 0 radical (unpaired) electrons. The third-order valence-electron chi connectivity index (χ3n) is 2.20. The van der Waals surface area contributed by atoms with Gasteiger partial charge in [-0.1, -0.05) is 0 Å².